The third-order valence-electron chi connectivity index (χ3n) is 3.56. The van der Waals surface area contributed by atoms with Crippen molar-refractivity contribution in [3.05, 3.63) is 35.4 Å². The van der Waals surface area contributed by atoms with Crippen LogP contribution in [0.15, 0.2) is 24.3 Å². The van der Waals surface area contributed by atoms with Gasteiger partial charge in [-0.2, -0.15) is 0 Å². The molecule has 0 bridgehead atoms. The van der Waals surface area contributed by atoms with E-state index in [4.69, 9.17) is 4.74 Å². The standard InChI is InChI=1S/C18H31NO/c1-4-12-19-18(11-14-20-13-5-2)15-17-9-7-16(6-3)8-10-17/h7-10,18-19H,4-6,11-15H2,1-3H3. The summed E-state index contributed by atoms with van der Waals surface area (Å²) in [5, 5.41) is 3.64. The van der Waals surface area contributed by atoms with Gasteiger partial charge in [0.1, 0.15) is 0 Å². The Morgan fingerprint density at radius 1 is 0.950 bits per heavy atom. The minimum atomic E-state index is 0.527. The predicted octanol–water partition coefficient (Wildman–Crippen LogP) is 3.98. The molecule has 0 spiro atoms. The Labute approximate surface area is 124 Å². The van der Waals surface area contributed by atoms with Crippen LogP contribution in [0.4, 0.5) is 0 Å². The van der Waals surface area contributed by atoms with Crippen molar-refractivity contribution in [2.75, 3.05) is 19.8 Å². The highest BCUT2D eigenvalue weighted by atomic mass is 16.5. The molecule has 1 N–H and O–H groups in total. The summed E-state index contributed by atoms with van der Waals surface area (Å²) < 4.78 is 5.63. The topological polar surface area (TPSA) is 21.3 Å². The van der Waals surface area contributed by atoms with Gasteiger partial charge < -0.3 is 10.1 Å². The third-order valence-corrected chi connectivity index (χ3v) is 3.56. The Bertz CT molecular complexity index is 334. The molecule has 114 valence electrons. The van der Waals surface area contributed by atoms with Crippen LogP contribution < -0.4 is 5.32 Å². The zero-order valence-corrected chi connectivity index (χ0v) is 13.5. The van der Waals surface area contributed by atoms with Crippen molar-refractivity contribution in [2.45, 2.75) is 58.9 Å². The summed E-state index contributed by atoms with van der Waals surface area (Å²) in [6.45, 7) is 9.40. The fourth-order valence-corrected chi connectivity index (χ4v) is 2.29. The molecule has 0 aromatic heterocycles. The van der Waals surface area contributed by atoms with Crippen molar-refractivity contribution in [1.82, 2.24) is 5.32 Å². The molecule has 0 saturated heterocycles. The van der Waals surface area contributed by atoms with Crippen molar-refractivity contribution in [1.29, 1.82) is 0 Å². The Kier molecular flexibility index (Phi) is 9.35. The molecule has 0 aliphatic carbocycles. The van der Waals surface area contributed by atoms with E-state index in [9.17, 15) is 0 Å². The van der Waals surface area contributed by atoms with E-state index in [2.05, 4.69) is 50.4 Å². The zero-order valence-electron chi connectivity index (χ0n) is 13.5. The van der Waals surface area contributed by atoms with E-state index in [0.717, 1.165) is 45.4 Å². The lowest BCUT2D eigenvalue weighted by Gasteiger charge is -2.19. The second kappa shape index (κ2) is 10.9. The largest absolute Gasteiger partial charge is 0.381 e. The van der Waals surface area contributed by atoms with Crippen molar-refractivity contribution in [2.24, 2.45) is 0 Å². The smallest absolute Gasteiger partial charge is 0.0480 e. The van der Waals surface area contributed by atoms with Gasteiger partial charge in [0.25, 0.3) is 0 Å². The van der Waals surface area contributed by atoms with Crippen LogP contribution in [0.1, 0.15) is 51.2 Å². The Morgan fingerprint density at radius 2 is 1.65 bits per heavy atom. The lowest BCUT2D eigenvalue weighted by molar-refractivity contribution is 0.124. The zero-order chi connectivity index (χ0) is 14.6. The van der Waals surface area contributed by atoms with Gasteiger partial charge in [-0.3, -0.25) is 0 Å². The normalized spacial score (nSPS) is 12.6. The van der Waals surface area contributed by atoms with Gasteiger partial charge >= 0.3 is 0 Å². The highest BCUT2D eigenvalue weighted by molar-refractivity contribution is 5.23. The van der Waals surface area contributed by atoms with Crippen molar-refractivity contribution >= 4 is 0 Å². The van der Waals surface area contributed by atoms with Crippen LogP contribution in [-0.4, -0.2) is 25.8 Å². The molecule has 0 radical (unpaired) electrons. The third kappa shape index (κ3) is 7.06. The minimum absolute atomic E-state index is 0.527. The molecule has 0 aliphatic rings. The summed E-state index contributed by atoms with van der Waals surface area (Å²) in [7, 11) is 0. The van der Waals surface area contributed by atoms with Crippen LogP contribution in [-0.2, 0) is 17.6 Å². The Balaban J connectivity index is 2.44. The molecule has 0 fully saturated rings. The molecule has 0 heterocycles. The van der Waals surface area contributed by atoms with Gasteiger partial charge in [0.15, 0.2) is 0 Å². The van der Waals surface area contributed by atoms with Crippen molar-refractivity contribution in [3.8, 4) is 0 Å². The molecule has 1 aromatic carbocycles. The van der Waals surface area contributed by atoms with Gasteiger partial charge in [-0.15, -0.1) is 0 Å². The SMILES string of the molecule is CCCNC(CCOCCC)Cc1ccc(CC)cc1. The summed E-state index contributed by atoms with van der Waals surface area (Å²) in [6.07, 6.45) is 5.59. The monoisotopic (exact) mass is 277 g/mol. The highest BCUT2D eigenvalue weighted by Gasteiger charge is 2.08. The molecule has 2 heteroatoms. The summed E-state index contributed by atoms with van der Waals surface area (Å²) in [4.78, 5) is 0. The molecule has 0 amide bonds. The lowest BCUT2D eigenvalue weighted by Crippen LogP contribution is -2.33. The maximum Gasteiger partial charge on any atom is 0.0480 e. The minimum Gasteiger partial charge on any atom is -0.381 e. The number of hydrogen-bond acceptors (Lipinski definition) is 2. The quantitative estimate of drug-likeness (QED) is 0.618. The van der Waals surface area contributed by atoms with Crippen molar-refractivity contribution < 1.29 is 4.74 Å². The van der Waals surface area contributed by atoms with Crippen LogP contribution in [0.25, 0.3) is 0 Å². The van der Waals surface area contributed by atoms with Crippen LogP contribution in [0.2, 0.25) is 0 Å². The second-order valence-electron chi connectivity index (χ2n) is 5.43. The Morgan fingerprint density at radius 3 is 2.25 bits per heavy atom. The van der Waals surface area contributed by atoms with Gasteiger partial charge in [0, 0.05) is 19.3 Å². The second-order valence-corrected chi connectivity index (χ2v) is 5.43. The van der Waals surface area contributed by atoms with Crippen LogP contribution in [0.5, 0.6) is 0 Å². The first kappa shape index (κ1) is 17.2. The first-order chi connectivity index (χ1) is 9.80. The predicted molar refractivity (Wildman–Crippen MR) is 87.3 cm³/mol. The van der Waals surface area contributed by atoms with Crippen LogP contribution in [0.3, 0.4) is 0 Å². The van der Waals surface area contributed by atoms with Gasteiger partial charge in [0.05, 0.1) is 0 Å². The summed E-state index contributed by atoms with van der Waals surface area (Å²) >= 11 is 0. The maximum atomic E-state index is 5.63. The number of hydrogen-bond donors (Lipinski definition) is 1. The summed E-state index contributed by atoms with van der Waals surface area (Å²) in [6, 6.07) is 9.57. The van der Waals surface area contributed by atoms with E-state index in [1.54, 1.807) is 0 Å². The number of nitrogens with one attached hydrogen (secondary N) is 1. The number of benzene rings is 1. The summed E-state index contributed by atoms with van der Waals surface area (Å²) in [5.74, 6) is 0. The number of rotatable bonds is 11. The molecule has 0 aliphatic heterocycles. The number of ether oxygens (including phenoxy) is 1. The van der Waals surface area contributed by atoms with Gasteiger partial charge in [0.2, 0.25) is 0 Å². The lowest BCUT2D eigenvalue weighted by atomic mass is 10.0. The maximum absolute atomic E-state index is 5.63. The molecule has 2 nitrogen and oxygen atoms in total. The molecule has 1 aromatic rings. The average Bonchev–Trinajstić information content (AvgIpc) is 2.49. The molecule has 1 unspecified atom stereocenters. The van der Waals surface area contributed by atoms with E-state index >= 15 is 0 Å². The van der Waals surface area contributed by atoms with Gasteiger partial charge in [-0.1, -0.05) is 45.0 Å². The van der Waals surface area contributed by atoms with Gasteiger partial charge in [-0.05, 0) is 49.8 Å². The number of aryl methyl sites for hydroxylation is 1. The van der Waals surface area contributed by atoms with E-state index in [1.807, 2.05) is 0 Å². The van der Waals surface area contributed by atoms with E-state index in [0.29, 0.717) is 6.04 Å². The van der Waals surface area contributed by atoms with Crippen LogP contribution >= 0.6 is 0 Å². The first-order valence-electron chi connectivity index (χ1n) is 8.19. The summed E-state index contributed by atoms with van der Waals surface area (Å²) in [5.41, 5.74) is 2.84. The van der Waals surface area contributed by atoms with Gasteiger partial charge in [-0.25, -0.2) is 0 Å². The molecule has 20 heavy (non-hydrogen) atoms. The van der Waals surface area contributed by atoms with Crippen molar-refractivity contribution in [3.63, 3.8) is 0 Å². The average molecular weight is 277 g/mol. The molecule has 1 rings (SSSR count). The van der Waals surface area contributed by atoms with E-state index in [-0.39, 0.29) is 0 Å². The molecule has 0 saturated carbocycles. The fraction of sp³-hybridized carbons (Fsp3) is 0.667. The van der Waals surface area contributed by atoms with Crippen LogP contribution in [0, 0.1) is 0 Å². The Hall–Kier alpha value is -0.860. The van der Waals surface area contributed by atoms with E-state index in [1.165, 1.54) is 17.5 Å². The molecule has 1 atom stereocenters. The highest BCUT2D eigenvalue weighted by Crippen LogP contribution is 2.09. The molecular formula is C18H31NO. The first-order valence-corrected chi connectivity index (χ1v) is 8.19. The van der Waals surface area contributed by atoms with E-state index < -0.39 is 0 Å². The fourth-order valence-electron chi connectivity index (χ4n) is 2.29. The molecular weight excluding hydrogens is 246 g/mol.